The number of benzene rings is 2. The third kappa shape index (κ3) is 5.69. The first-order chi connectivity index (χ1) is 17.2. The zero-order valence-corrected chi connectivity index (χ0v) is 20.9. The number of amides is 2. The number of alkyl halides is 3. The molecule has 0 unspecified atom stereocenters. The first-order valence-corrected chi connectivity index (χ1v) is 11.7. The molecule has 1 aliphatic rings. The zero-order valence-electron chi connectivity index (χ0n) is 20.9. The van der Waals surface area contributed by atoms with Crippen molar-refractivity contribution in [2.24, 2.45) is 0 Å². The van der Waals surface area contributed by atoms with Crippen molar-refractivity contribution < 1.29 is 32.6 Å². The molecule has 2 heterocycles. The summed E-state index contributed by atoms with van der Waals surface area (Å²) in [6.07, 6.45) is -3.57. The van der Waals surface area contributed by atoms with Crippen LogP contribution in [-0.4, -0.2) is 57.3 Å². The smallest absolute Gasteiger partial charge is 0.416 e. The van der Waals surface area contributed by atoms with Gasteiger partial charge >= 0.3 is 12.3 Å². The average Bonchev–Trinajstić information content (AvgIpc) is 2.79. The number of nitrogens with zero attached hydrogens (tertiary/aromatic N) is 2. The molecule has 4 rings (SSSR count). The summed E-state index contributed by atoms with van der Waals surface area (Å²) in [5, 5.41) is 14.2. The Balaban J connectivity index is 1.46. The van der Waals surface area contributed by atoms with Gasteiger partial charge in [0.05, 0.1) is 35.8 Å². The van der Waals surface area contributed by atoms with Crippen LogP contribution in [0.15, 0.2) is 54.7 Å². The number of hydrogen-bond donors (Lipinski definition) is 2. The van der Waals surface area contributed by atoms with Crippen LogP contribution in [0.4, 0.5) is 18.0 Å². The van der Waals surface area contributed by atoms with Gasteiger partial charge < -0.3 is 20.1 Å². The number of aliphatic hydroxyl groups is 1. The maximum atomic E-state index is 12.9. The minimum absolute atomic E-state index is 0.0236. The highest BCUT2D eigenvalue weighted by atomic mass is 19.4. The summed E-state index contributed by atoms with van der Waals surface area (Å²) in [5.74, 6) is -0.453. The van der Waals surface area contributed by atoms with E-state index in [0.29, 0.717) is 22.0 Å². The predicted octanol–water partition coefficient (Wildman–Crippen LogP) is 5.02. The van der Waals surface area contributed by atoms with Crippen molar-refractivity contribution in [3.05, 3.63) is 65.9 Å². The quantitative estimate of drug-likeness (QED) is 0.509. The molecule has 0 bridgehead atoms. The van der Waals surface area contributed by atoms with E-state index in [0.717, 1.165) is 12.1 Å². The second-order valence-electron chi connectivity index (χ2n) is 10.3. The van der Waals surface area contributed by atoms with E-state index in [1.54, 1.807) is 52.0 Å². The molecular formula is C27H28F3N3O4. The maximum Gasteiger partial charge on any atom is 0.416 e. The van der Waals surface area contributed by atoms with Crippen molar-refractivity contribution in [2.45, 2.75) is 51.1 Å². The van der Waals surface area contributed by atoms with E-state index >= 15 is 0 Å². The number of fused-ring (bicyclic) bond motifs is 1. The lowest BCUT2D eigenvalue weighted by Crippen LogP contribution is -2.71. The van der Waals surface area contributed by atoms with Gasteiger partial charge in [-0.1, -0.05) is 30.3 Å². The lowest BCUT2D eigenvalue weighted by molar-refractivity contribution is -0.137. The Morgan fingerprint density at radius 2 is 1.76 bits per heavy atom. The van der Waals surface area contributed by atoms with Gasteiger partial charge in [0, 0.05) is 17.1 Å². The van der Waals surface area contributed by atoms with Crippen LogP contribution in [0.3, 0.4) is 0 Å². The molecule has 196 valence electrons. The second kappa shape index (κ2) is 9.33. The number of pyridine rings is 1. The van der Waals surface area contributed by atoms with Gasteiger partial charge in [-0.25, -0.2) is 4.79 Å². The van der Waals surface area contributed by atoms with E-state index in [4.69, 9.17) is 4.74 Å². The predicted molar refractivity (Wildman–Crippen MR) is 132 cm³/mol. The number of aromatic nitrogens is 1. The van der Waals surface area contributed by atoms with Crippen molar-refractivity contribution in [1.29, 1.82) is 0 Å². The molecule has 0 aliphatic carbocycles. The van der Waals surface area contributed by atoms with Crippen LogP contribution in [0.1, 0.15) is 43.6 Å². The molecule has 2 N–H and O–H groups in total. The summed E-state index contributed by atoms with van der Waals surface area (Å²) in [6, 6.07) is 11.0. The Morgan fingerprint density at radius 1 is 1.11 bits per heavy atom. The Morgan fingerprint density at radius 3 is 2.35 bits per heavy atom. The fourth-order valence-electron chi connectivity index (χ4n) is 4.12. The Kier molecular flexibility index (Phi) is 6.66. The molecule has 2 amide bonds. The van der Waals surface area contributed by atoms with E-state index in [1.165, 1.54) is 23.2 Å². The summed E-state index contributed by atoms with van der Waals surface area (Å²) in [5.41, 5.74) is -0.684. The minimum Gasteiger partial charge on any atom is -0.444 e. The summed E-state index contributed by atoms with van der Waals surface area (Å²) in [6.45, 7) is 6.96. The van der Waals surface area contributed by atoms with E-state index in [-0.39, 0.29) is 18.7 Å². The van der Waals surface area contributed by atoms with E-state index in [1.807, 2.05) is 0 Å². The molecule has 37 heavy (non-hydrogen) atoms. The molecule has 0 spiro atoms. The lowest BCUT2D eigenvalue weighted by atomic mass is 9.87. The Bertz CT molecular complexity index is 1330. The van der Waals surface area contributed by atoms with Crippen molar-refractivity contribution in [3.8, 4) is 11.1 Å². The highest BCUT2D eigenvalue weighted by Gasteiger charge is 2.49. The molecule has 0 saturated carbocycles. The molecule has 1 fully saturated rings. The third-order valence-corrected chi connectivity index (χ3v) is 6.23. The van der Waals surface area contributed by atoms with Crippen LogP contribution in [0.2, 0.25) is 0 Å². The Labute approximate surface area is 212 Å². The topological polar surface area (TPSA) is 91.8 Å². The minimum atomic E-state index is -4.42. The summed E-state index contributed by atoms with van der Waals surface area (Å²) >= 11 is 0. The third-order valence-electron chi connectivity index (χ3n) is 6.23. The molecule has 1 atom stereocenters. The molecule has 1 aromatic heterocycles. The summed E-state index contributed by atoms with van der Waals surface area (Å²) in [7, 11) is 0. The molecule has 10 heteroatoms. The highest BCUT2D eigenvalue weighted by molar-refractivity contribution is 6.00. The van der Waals surface area contributed by atoms with Crippen molar-refractivity contribution in [1.82, 2.24) is 15.2 Å². The van der Waals surface area contributed by atoms with Crippen molar-refractivity contribution in [3.63, 3.8) is 0 Å². The van der Waals surface area contributed by atoms with Gasteiger partial charge in [-0.05, 0) is 51.5 Å². The SMILES string of the molecule is C[C@@H](NC(=O)c1cnc2c(-c3ccc(C(F)(F)F)cc3)cccc2c1)C1(O)CN(C(=O)OC(C)(C)C)C1. The van der Waals surface area contributed by atoms with E-state index in [2.05, 4.69) is 10.3 Å². The Hall–Kier alpha value is -3.66. The van der Waals surface area contributed by atoms with Crippen LogP contribution >= 0.6 is 0 Å². The number of likely N-dealkylation sites (tertiary alicyclic amines) is 1. The van der Waals surface area contributed by atoms with Crippen LogP contribution in [0.5, 0.6) is 0 Å². The fourth-order valence-corrected chi connectivity index (χ4v) is 4.12. The fraction of sp³-hybridized carbons (Fsp3) is 0.370. The number of para-hydroxylation sites is 1. The van der Waals surface area contributed by atoms with Crippen LogP contribution < -0.4 is 5.32 Å². The van der Waals surface area contributed by atoms with Gasteiger partial charge in [0.25, 0.3) is 5.91 Å². The zero-order chi connectivity index (χ0) is 27.2. The molecule has 1 aliphatic heterocycles. The molecule has 3 aromatic rings. The number of carbonyl (C=O) groups is 2. The number of nitrogens with one attached hydrogen (secondary N) is 1. The largest absolute Gasteiger partial charge is 0.444 e. The van der Waals surface area contributed by atoms with Gasteiger partial charge in [-0.3, -0.25) is 9.78 Å². The van der Waals surface area contributed by atoms with E-state index in [9.17, 15) is 27.9 Å². The van der Waals surface area contributed by atoms with E-state index < -0.39 is 41.0 Å². The van der Waals surface area contributed by atoms with Crippen LogP contribution in [0, 0.1) is 0 Å². The van der Waals surface area contributed by atoms with Gasteiger partial charge in [-0.2, -0.15) is 13.2 Å². The molecular weight excluding hydrogens is 487 g/mol. The van der Waals surface area contributed by atoms with Crippen molar-refractivity contribution >= 4 is 22.9 Å². The second-order valence-corrected chi connectivity index (χ2v) is 10.3. The number of β-amino-alcohol motifs (C(OH)–C–C–N with tert-alkyl or cyclic N) is 1. The van der Waals surface area contributed by atoms with Gasteiger partial charge in [0.15, 0.2) is 0 Å². The van der Waals surface area contributed by atoms with Crippen LogP contribution in [0.25, 0.3) is 22.0 Å². The molecule has 1 saturated heterocycles. The number of rotatable bonds is 4. The summed E-state index contributed by atoms with van der Waals surface area (Å²) < 4.78 is 44.0. The lowest BCUT2D eigenvalue weighted by Gasteiger charge is -2.49. The standard InChI is InChI=1S/C27H28F3N3O4/c1-16(26(36)14-33(15-26)24(35)37-25(2,3)4)32-23(34)19-12-18-6-5-7-21(22(18)31-13-19)17-8-10-20(11-9-17)27(28,29)30/h5-13,16,36H,14-15H2,1-4H3,(H,32,34)/t16-/m1/s1. The molecule has 0 radical (unpaired) electrons. The maximum absolute atomic E-state index is 12.9. The first kappa shape index (κ1) is 26.4. The molecule has 2 aromatic carbocycles. The average molecular weight is 516 g/mol. The highest BCUT2D eigenvalue weighted by Crippen LogP contribution is 2.33. The van der Waals surface area contributed by atoms with Gasteiger partial charge in [-0.15, -0.1) is 0 Å². The number of hydrogen-bond acceptors (Lipinski definition) is 5. The monoisotopic (exact) mass is 515 g/mol. The number of carbonyl (C=O) groups excluding carboxylic acids is 2. The normalized spacial score (nSPS) is 16.2. The number of halogens is 3. The first-order valence-electron chi connectivity index (χ1n) is 11.7. The van der Waals surface area contributed by atoms with Crippen molar-refractivity contribution in [2.75, 3.05) is 13.1 Å². The summed E-state index contributed by atoms with van der Waals surface area (Å²) in [4.78, 5) is 30.8. The van der Waals surface area contributed by atoms with Gasteiger partial charge in [0.2, 0.25) is 0 Å². The van der Waals surface area contributed by atoms with Gasteiger partial charge in [0.1, 0.15) is 11.2 Å². The number of ether oxygens (including phenoxy) is 1. The van der Waals surface area contributed by atoms with Crippen LogP contribution in [-0.2, 0) is 10.9 Å². The molecule has 7 nitrogen and oxygen atoms in total.